The minimum absolute atomic E-state index is 1.25. The molecule has 10 aromatic rings. The Morgan fingerprint density at radius 1 is 0.173 bits per heavy atom. The van der Waals surface area contributed by atoms with Crippen LogP contribution in [0.5, 0.6) is 0 Å². The lowest BCUT2D eigenvalue weighted by atomic mass is 9.86. The van der Waals surface area contributed by atoms with Crippen LogP contribution in [0, 0.1) is 0 Å². The van der Waals surface area contributed by atoms with Crippen LogP contribution >= 0.6 is 0 Å². The normalized spacial score (nSPS) is 13.6. The Morgan fingerprint density at radius 2 is 0.385 bits per heavy atom. The average Bonchev–Trinajstić information content (AvgIpc) is 3.72. The molecule has 0 N–H and O–H groups in total. The van der Waals surface area contributed by atoms with Crippen LogP contribution in [0.25, 0.3) is 86.9 Å². The third-order valence-corrected chi connectivity index (χ3v) is 11.7. The summed E-state index contributed by atoms with van der Waals surface area (Å²) in [4.78, 5) is 0. The molecule has 0 nitrogen and oxygen atoms in total. The number of rotatable bonds is 2. The van der Waals surface area contributed by atoms with E-state index in [2.05, 4.69) is 182 Å². The number of hydrogen-bond donors (Lipinski definition) is 0. The predicted molar refractivity (Wildman–Crippen MR) is 223 cm³/mol. The summed E-state index contributed by atoms with van der Waals surface area (Å²) in [5.41, 5.74) is 13.1. The fourth-order valence-electron chi connectivity index (χ4n) is 9.60. The van der Waals surface area contributed by atoms with E-state index in [-0.39, 0.29) is 0 Å². The van der Waals surface area contributed by atoms with E-state index in [1.54, 1.807) is 0 Å². The van der Waals surface area contributed by atoms with Gasteiger partial charge in [-0.2, -0.15) is 0 Å². The van der Waals surface area contributed by atoms with Crippen LogP contribution < -0.4 is 0 Å². The molecule has 0 saturated heterocycles. The predicted octanol–water partition coefficient (Wildman–Crippen LogP) is 13.9. The van der Waals surface area contributed by atoms with E-state index in [9.17, 15) is 0 Å². The highest BCUT2D eigenvalue weighted by Gasteiger charge is 2.38. The summed E-state index contributed by atoms with van der Waals surface area (Å²) < 4.78 is 0. The fourth-order valence-corrected chi connectivity index (χ4v) is 9.60. The second-order valence-electron chi connectivity index (χ2n) is 14.3. The van der Waals surface area contributed by atoms with Crippen molar-refractivity contribution in [2.45, 2.75) is 0 Å². The molecule has 0 aromatic heterocycles. The average molecular weight is 655 g/mol. The third-order valence-electron chi connectivity index (χ3n) is 11.7. The Balaban J connectivity index is 1.30. The van der Waals surface area contributed by atoms with Gasteiger partial charge < -0.3 is 0 Å². The molecule has 52 heavy (non-hydrogen) atoms. The maximum absolute atomic E-state index is 2.52. The van der Waals surface area contributed by atoms with E-state index in [4.69, 9.17) is 0 Å². The number of hydrogen-bond acceptors (Lipinski definition) is 0. The van der Waals surface area contributed by atoms with Crippen molar-refractivity contribution >= 4 is 86.9 Å². The molecule has 2 aliphatic carbocycles. The quantitative estimate of drug-likeness (QED) is 0.163. The van der Waals surface area contributed by atoms with Crippen molar-refractivity contribution in [1.82, 2.24) is 0 Å². The summed E-state index contributed by atoms with van der Waals surface area (Å²) in [5, 5.41) is 15.6. The van der Waals surface area contributed by atoms with E-state index in [1.807, 2.05) is 0 Å². The van der Waals surface area contributed by atoms with E-state index >= 15 is 0 Å². The Labute approximate surface area is 301 Å². The van der Waals surface area contributed by atoms with Crippen molar-refractivity contribution in [2.24, 2.45) is 0 Å². The topological polar surface area (TPSA) is 0 Å². The van der Waals surface area contributed by atoms with Crippen molar-refractivity contribution in [3.63, 3.8) is 0 Å². The lowest BCUT2D eigenvalue weighted by Crippen LogP contribution is -1.95. The first kappa shape index (κ1) is 28.0. The lowest BCUT2D eigenvalue weighted by Gasteiger charge is -2.17. The Bertz CT molecular complexity index is 3030. The standard InChI is InChI=1S/C52H30/c1-3-15-31(16-4-1)49-45-27-41-37-23-11-7-19-33(37)35-21-9-13-25-39(35)43(41)29-47(45)52-50(32-17-5-2-6-18-32)46-28-42-38-24-12-8-20-34(38)36-22-10-14-26-40(36)44(42)30-48(46)51(49)52/h1-30H. The highest BCUT2D eigenvalue weighted by Crippen LogP contribution is 2.60. The third kappa shape index (κ3) is 3.66. The molecule has 0 saturated carbocycles. The van der Waals surface area contributed by atoms with Gasteiger partial charge in [-0.25, -0.2) is 0 Å². The molecule has 0 amide bonds. The minimum atomic E-state index is 1.25. The lowest BCUT2D eigenvalue weighted by molar-refractivity contribution is 1.55. The summed E-state index contributed by atoms with van der Waals surface area (Å²) in [6, 6.07) is 67.9. The van der Waals surface area contributed by atoms with Gasteiger partial charge in [0.2, 0.25) is 0 Å². The van der Waals surface area contributed by atoms with Crippen molar-refractivity contribution in [2.75, 3.05) is 0 Å². The molecule has 10 aromatic carbocycles. The zero-order valence-corrected chi connectivity index (χ0v) is 28.3. The number of benzene rings is 10. The smallest absolute Gasteiger partial charge is 0.000740 e. The van der Waals surface area contributed by atoms with Gasteiger partial charge in [0.25, 0.3) is 0 Å². The van der Waals surface area contributed by atoms with Crippen LogP contribution in [0.4, 0.5) is 0 Å². The SMILES string of the molecule is c1ccc(C2=C3C(=C(c4ccccc4)c4cc5c6ccccc6c6ccccc6c5cc43)c3cc4c5ccccc5c5ccccc5c4cc32)cc1. The molecule has 0 bridgehead atoms. The van der Waals surface area contributed by atoms with Gasteiger partial charge >= 0.3 is 0 Å². The van der Waals surface area contributed by atoms with Crippen molar-refractivity contribution < 1.29 is 0 Å². The van der Waals surface area contributed by atoms with Gasteiger partial charge in [-0.1, -0.05) is 158 Å². The molecule has 0 atom stereocenters. The van der Waals surface area contributed by atoms with Crippen molar-refractivity contribution in [3.8, 4) is 0 Å². The maximum Gasteiger partial charge on any atom is -0.000740 e. The van der Waals surface area contributed by atoms with Crippen LogP contribution in [-0.2, 0) is 0 Å². The van der Waals surface area contributed by atoms with Crippen LogP contribution in [0.3, 0.4) is 0 Å². The summed E-state index contributed by atoms with van der Waals surface area (Å²) >= 11 is 0. The zero-order chi connectivity index (χ0) is 33.9. The highest BCUT2D eigenvalue weighted by atomic mass is 14.4. The largest absolute Gasteiger partial charge is 0.0622 e. The van der Waals surface area contributed by atoms with Gasteiger partial charge in [-0.05, 0) is 145 Å². The van der Waals surface area contributed by atoms with Crippen LogP contribution in [0.15, 0.2) is 182 Å². The Morgan fingerprint density at radius 3 is 0.654 bits per heavy atom. The summed E-state index contributed by atoms with van der Waals surface area (Å²) in [6.07, 6.45) is 0. The molecule has 0 unspecified atom stereocenters. The van der Waals surface area contributed by atoms with E-state index in [0.717, 1.165) is 0 Å². The molecule has 0 fully saturated rings. The van der Waals surface area contributed by atoms with E-state index in [0.29, 0.717) is 0 Å². The van der Waals surface area contributed by atoms with E-state index < -0.39 is 0 Å². The maximum atomic E-state index is 2.52. The van der Waals surface area contributed by atoms with Crippen molar-refractivity contribution in [3.05, 3.63) is 215 Å². The van der Waals surface area contributed by atoms with Gasteiger partial charge in [0, 0.05) is 0 Å². The summed E-state index contributed by atoms with van der Waals surface area (Å²) in [5.74, 6) is 0. The Kier molecular flexibility index (Phi) is 5.59. The molecule has 0 heterocycles. The summed E-state index contributed by atoms with van der Waals surface area (Å²) in [6.45, 7) is 0. The minimum Gasteiger partial charge on any atom is -0.0622 e. The summed E-state index contributed by atoms with van der Waals surface area (Å²) in [7, 11) is 0. The first-order valence-electron chi connectivity index (χ1n) is 18.2. The monoisotopic (exact) mass is 654 g/mol. The van der Waals surface area contributed by atoms with Gasteiger partial charge in [0.05, 0.1) is 0 Å². The molecule has 2 aliphatic rings. The molecular formula is C52H30. The number of fused-ring (bicyclic) bond motifs is 17. The second kappa shape index (κ2) is 10.4. The Hall–Kier alpha value is -6.76. The van der Waals surface area contributed by atoms with Crippen LogP contribution in [-0.4, -0.2) is 0 Å². The molecule has 238 valence electrons. The molecule has 0 radical (unpaired) electrons. The van der Waals surface area contributed by atoms with Crippen molar-refractivity contribution in [1.29, 1.82) is 0 Å². The first-order valence-corrected chi connectivity index (χ1v) is 18.2. The number of allylic oxidation sites excluding steroid dienone is 2. The first-order chi connectivity index (χ1) is 25.8. The zero-order valence-electron chi connectivity index (χ0n) is 28.3. The fraction of sp³-hybridized carbons (Fsp3) is 0. The van der Waals surface area contributed by atoms with Gasteiger partial charge in [-0.15, -0.1) is 0 Å². The molecule has 0 aliphatic heterocycles. The molecule has 0 heteroatoms. The van der Waals surface area contributed by atoms with Crippen LogP contribution in [0.1, 0.15) is 33.4 Å². The van der Waals surface area contributed by atoms with Crippen LogP contribution in [0.2, 0.25) is 0 Å². The second-order valence-corrected chi connectivity index (χ2v) is 14.3. The van der Waals surface area contributed by atoms with Gasteiger partial charge in [0.15, 0.2) is 0 Å². The van der Waals surface area contributed by atoms with E-state index in [1.165, 1.54) is 120 Å². The van der Waals surface area contributed by atoms with Gasteiger partial charge in [0.1, 0.15) is 0 Å². The molecule has 12 rings (SSSR count). The molecule has 0 spiro atoms. The van der Waals surface area contributed by atoms with Gasteiger partial charge in [-0.3, -0.25) is 0 Å². The highest BCUT2D eigenvalue weighted by molar-refractivity contribution is 6.39. The molecular weight excluding hydrogens is 625 g/mol.